The largest absolute Gasteiger partial charge is 0.483 e. The Labute approximate surface area is 192 Å². The molecule has 0 spiro atoms. The Morgan fingerprint density at radius 1 is 1.09 bits per heavy atom. The summed E-state index contributed by atoms with van der Waals surface area (Å²) in [6.07, 6.45) is 2.28. The maximum absolute atomic E-state index is 13.7. The molecule has 3 aliphatic heterocycles. The van der Waals surface area contributed by atoms with Gasteiger partial charge in [-0.25, -0.2) is 0 Å². The van der Waals surface area contributed by atoms with Crippen molar-refractivity contribution in [1.82, 2.24) is 9.80 Å². The van der Waals surface area contributed by atoms with E-state index < -0.39 is 11.0 Å². The smallest absolute Gasteiger partial charge is 0.290 e. The Bertz CT molecular complexity index is 984. The number of benzene rings is 1. The number of hydrogen-bond acceptors (Lipinski definition) is 7. The van der Waals surface area contributed by atoms with Crippen molar-refractivity contribution in [3.05, 3.63) is 51.3 Å². The van der Waals surface area contributed by atoms with Crippen LogP contribution < -0.4 is 0 Å². The molecule has 1 saturated carbocycles. The number of carbonyl (C=O) groups excluding carboxylic acids is 2. The fourth-order valence-corrected chi connectivity index (χ4v) is 5.55. The van der Waals surface area contributed by atoms with Crippen LogP contribution in [0.25, 0.3) is 0 Å². The van der Waals surface area contributed by atoms with Gasteiger partial charge < -0.3 is 14.4 Å². The third-order valence-electron chi connectivity index (χ3n) is 7.39. The lowest BCUT2D eigenvalue weighted by Gasteiger charge is -2.37. The molecule has 0 radical (unpaired) electrons. The van der Waals surface area contributed by atoms with E-state index in [0.717, 1.165) is 32.4 Å². The molecule has 4 atom stereocenters. The van der Waals surface area contributed by atoms with Gasteiger partial charge in [0.2, 0.25) is 0 Å². The number of ether oxygens (including phenoxy) is 2. The van der Waals surface area contributed by atoms with E-state index in [9.17, 15) is 19.7 Å². The summed E-state index contributed by atoms with van der Waals surface area (Å²) >= 11 is 0. The number of hydrogen-bond donors (Lipinski definition) is 0. The minimum absolute atomic E-state index is 0.00150. The Kier molecular flexibility index (Phi) is 5.92. The minimum atomic E-state index is -0.583. The average molecular weight is 456 g/mol. The lowest BCUT2D eigenvalue weighted by atomic mass is 9.74. The van der Waals surface area contributed by atoms with Gasteiger partial charge in [0.05, 0.1) is 35.7 Å². The zero-order chi connectivity index (χ0) is 23.1. The molecule has 1 amide bonds. The molecule has 1 aromatic carbocycles. The number of rotatable bonds is 5. The average Bonchev–Trinajstić information content (AvgIpc) is 3.10. The molecule has 5 rings (SSSR count). The van der Waals surface area contributed by atoms with Crippen LogP contribution in [0.15, 0.2) is 35.6 Å². The van der Waals surface area contributed by atoms with Crippen molar-refractivity contribution in [2.45, 2.75) is 38.3 Å². The van der Waals surface area contributed by atoms with Gasteiger partial charge in [-0.2, -0.15) is 0 Å². The molecule has 0 bridgehead atoms. The first kappa shape index (κ1) is 22.0. The molecule has 9 nitrogen and oxygen atoms in total. The molecule has 0 N–H and O–H groups in total. The molecule has 9 heteroatoms. The first-order valence-electron chi connectivity index (χ1n) is 11.7. The van der Waals surface area contributed by atoms with E-state index in [-0.39, 0.29) is 35.2 Å². The highest BCUT2D eigenvalue weighted by Gasteiger charge is 2.52. The molecule has 1 saturated heterocycles. The normalized spacial score (nSPS) is 30.2. The molecule has 3 heterocycles. The molecule has 1 aromatic rings. The number of nitro groups is 1. The zero-order valence-electron chi connectivity index (χ0n) is 18.8. The summed E-state index contributed by atoms with van der Waals surface area (Å²) < 4.78 is 11.6. The van der Waals surface area contributed by atoms with Crippen LogP contribution in [-0.4, -0.2) is 71.9 Å². The summed E-state index contributed by atoms with van der Waals surface area (Å²) in [5.74, 6) is 0.125. The highest BCUT2D eigenvalue weighted by Crippen LogP contribution is 2.47. The first-order valence-corrected chi connectivity index (χ1v) is 11.7. The highest BCUT2D eigenvalue weighted by molar-refractivity contribution is 6.11. The molecule has 176 valence electrons. The maximum Gasteiger partial charge on any atom is 0.290 e. The van der Waals surface area contributed by atoms with Crippen molar-refractivity contribution in [3.8, 4) is 0 Å². The minimum Gasteiger partial charge on any atom is -0.483 e. The molecular formula is C24H29N3O6. The quantitative estimate of drug-likeness (QED) is 0.496. The Balaban J connectivity index is 1.48. The Morgan fingerprint density at radius 3 is 2.52 bits per heavy atom. The van der Waals surface area contributed by atoms with E-state index in [2.05, 4.69) is 11.8 Å². The molecule has 4 unspecified atom stereocenters. The number of nitro benzene ring substituents is 1. The van der Waals surface area contributed by atoms with E-state index in [1.807, 2.05) is 0 Å². The summed E-state index contributed by atoms with van der Waals surface area (Å²) in [6, 6.07) is 5.57. The molecule has 4 aliphatic rings. The van der Waals surface area contributed by atoms with Crippen molar-refractivity contribution in [2.75, 3.05) is 39.4 Å². The lowest BCUT2D eigenvalue weighted by Crippen LogP contribution is -2.43. The monoisotopic (exact) mass is 455 g/mol. The van der Waals surface area contributed by atoms with Crippen LogP contribution in [0.4, 0.5) is 5.69 Å². The molecule has 1 aliphatic carbocycles. The summed E-state index contributed by atoms with van der Waals surface area (Å²) in [6.45, 7) is 6.18. The molecule has 0 aromatic heterocycles. The third kappa shape index (κ3) is 4.04. The van der Waals surface area contributed by atoms with Crippen LogP contribution in [0.5, 0.6) is 0 Å². The van der Waals surface area contributed by atoms with Crippen molar-refractivity contribution in [2.24, 2.45) is 11.8 Å². The number of nitrogens with zero attached hydrogens (tertiary/aromatic N) is 3. The van der Waals surface area contributed by atoms with E-state index in [1.165, 1.54) is 12.1 Å². The number of fused-ring (bicyclic) bond motifs is 1. The summed E-state index contributed by atoms with van der Waals surface area (Å²) in [5, 5.41) is 11.1. The van der Waals surface area contributed by atoms with Crippen LogP contribution in [0, 0.1) is 22.0 Å². The number of morpholine rings is 1. The summed E-state index contributed by atoms with van der Waals surface area (Å²) in [4.78, 5) is 41.8. The van der Waals surface area contributed by atoms with Crippen LogP contribution in [-0.2, 0) is 19.1 Å². The van der Waals surface area contributed by atoms with Gasteiger partial charge in [0, 0.05) is 38.3 Å². The topological polar surface area (TPSA) is 102 Å². The van der Waals surface area contributed by atoms with Gasteiger partial charge in [0.25, 0.3) is 11.6 Å². The van der Waals surface area contributed by atoms with E-state index in [1.54, 1.807) is 17.0 Å². The van der Waals surface area contributed by atoms with E-state index >= 15 is 0 Å². The van der Waals surface area contributed by atoms with Crippen molar-refractivity contribution >= 4 is 17.4 Å². The van der Waals surface area contributed by atoms with E-state index in [0.29, 0.717) is 43.4 Å². The lowest BCUT2D eigenvalue weighted by molar-refractivity contribution is -0.384. The van der Waals surface area contributed by atoms with E-state index in [4.69, 9.17) is 9.47 Å². The van der Waals surface area contributed by atoms with Gasteiger partial charge in [-0.05, 0) is 42.9 Å². The summed E-state index contributed by atoms with van der Waals surface area (Å²) in [7, 11) is 0. The zero-order valence-corrected chi connectivity index (χ0v) is 18.8. The van der Waals surface area contributed by atoms with Crippen molar-refractivity contribution in [3.63, 3.8) is 0 Å². The fraction of sp³-hybridized carbons (Fsp3) is 0.583. The van der Waals surface area contributed by atoms with Gasteiger partial charge in [0.15, 0.2) is 11.5 Å². The number of carbonyl (C=O) groups is 2. The van der Waals surface area contributed by atoms with Crippen LogP contribution in [0.1, 0.15) is 37.8 Å². The number of non-ortho nitro benzene ring substituents is 1. The second-order valence-corrected chi connectivity index (χ2v) is 9.49. The van der Waals surface area contributed by atoms with Crippen LogP contribution >= 0.6 is 0 Å². The molecule has 2 fully saturated rings. The highest BCUT2D eigenvalue weighted by atomic mass is 16.6. The second kappa shape index (κ2) is 8.87. The van der Waals surface area contributed by atoms with Gasteiger partial charge in [0.1, 0.15) is 6.10 Å². The molecular weight excluding hydrogens is 426 g/mol. The van der Waals surface area contributed by atoms with Crippen LogP contribution in [0.3, 0.4) is 0 Å². The Morgan fingerprint density at radius 2 is 1.82 bits per heavy atom. The van der Waals surface area contributed by atoms with Crippen molar-refractivity contribution < 1.29 is 24.0 Å². The maximum atomic E-state index is 13.7. The summed E-state index contributed by atoms with van der Waals surface area (Å²) in [5.41, 5.74) is 1.09. The van der Waals surface area contributed by atoms with Gasteiger partial charge >= 0.3 is 0 Å². The van der Waals surface area contributed by atoms with Gasteiger partial charge in [-0.1, -0.05) is 6.92 Å². The van der Waals surface area contributed by atoms with Gasteiger partial charge in [-0.15, -0.1) is 0 Å². The van der Waals surface area contributed by atoms with Crippen molar-refractivity contribution in [1.29, 1.82) is 0 Å². The Hall–Kier alpha value is -2.78. The third-order valence-corrected chi connectivity index (χ3v) is 7.39. The number of ketones is 1. The standard InChI is InChI=1S/C24H29N3O6/c1-15-2-7-19-18(14-15)22(28)20-21(16-3-5-17(6-4-16)27(30)31)26(24(29)23(20)33-19)9-8-25-10-12-32-13-11-25/h3-6,15,18-19,21H,2,7-14H2,1H3. The predicted octanol–water partition coefficient (Wildman–Crippen LogP) is 2.47. The SMILES string of the molecule is CC1CCC2OC3=C(C(=O)C2C1)C(c1ccc([N+](=O)[O-])cc1)N(CCN1CCOCC1)C3=O. The predicted molar refractivity (Wildman–Crippen MR) is 118 cm³/mol. The number of amides is 1. The second-order valence-electron chi connectivity index (χ2n) is 9.49. The fourth-order valence-electron chi connectivity index (χ4n) is 5.55. The number of Topliss-reactive ketones (excluding diaryl/α,β-unsaturated/α-hetero) is 1. The van der Waals surface area contributed by atoms with Crippen LogP contribution in [0.2, 0.25) is 0 Å². The van der Waals surface area contributed by atoms with Gasteiger partial charge in [-0.3, -0.25) is 24.6 Å². The first-order chi connectivity index (χ1) is 15.9. The molecule has 33 heavy (non-hydrogen) atoms.